The molecule has 6 saturated carbocycles. The fraction of sp³-hybridized carbons (Fsp3) is 0.872. The average Bonchev–Trinajstić information content (AvgIpc) is 3.53. The molecule has 1 heterocycles. The van der Waals surface area contributed by atoms with Gasteiger partial charge in [-0.3, -0.25) is 19.2 Å². The molecule has 0 aromatic rings. The summed E-state index contributed by atoms with van der Waals surface area (Å²) in [5.74, 6) is 1.47. The van der Waals surface area contributed by atoms with Crippen LogP contribution in [0.2, 0.25) is 0 Å². The van der Waals surface area contributed by atoms with E-state index in [-0.39, 0.29) is 81.2 Å². The van der Waals surface area contributed by atoms with Gasteiger partial charge in [0.25, 0.3) is 0 Å². The van der Waals surface area contributed by atoms with Crippen molar-refractivity contribution in [2.45, 2.75) is 177 Å². The van der Waals surface area contributed by atoms with Crippen LogP contribution in [0.15, 0.2) is 12.2 Å². The minimum absolute atomic E-state index is 0.0100. The summed E-state index contributed by atoms with van der Waals surface area (Å²) in [6.45, 7) is 25.4. The number of rotatable bonds is 9. The summed E-state index contributed by atoms with van der Waals surface area (Å²) in [5.41, 5.74) is 0.805. The number of piperidine rings is 1. The van der Waals surface area contributed by atoms with Gasteiger partial charge in [0.2, 0.25) is 11.8 Å². The van der Waals surface area contributed by atoms with Crippen molar-refractivity contribution in [1.29, 1.82) is 0 Å². The van der Waals surface area contributed by atoms with Crippen LogP contribution < -0.4 is 5.32 Å². The molecule has 55 heavy (non-hydrogen) atoms. The van der Waals surface area contributed by atoms with Gasteiger partial charge in [-0.25, -0.2) is 0 Å². The van der Waals surface area contributed by atoms with Crippen molar-refractivity contribution in [2.75, 3.05) is 13.1 Å². The molecule has 0 radical (unpaired) electrons. The number of carboxylic acid groups (broad SMARTS) is 1. The lowest BCUT2D eigenvalue weighted by molar-refractivity contribution is -0.249. The maximum atomic E-state index is 15.0. The van der Waals surface area contributed by atoms with Crippen LogP contribution in [-0.4, -0.2) is 59.0 Å². The molecule has 0 aromatic carbocycles. The molecule has 0 bridgehead atoms. The molecule has 0 aromatic heterocycles. The zero-order valence-corrected chi connectivity index (χ0v) is 35.7. The van der Waals surface area contributed by atoms with Crippen LogP contribution >= 0.6 is 0 Å². The largest absolute Gasteiger partial charge is 0.481 e. The van der Waals surface area contributed by atoms with Gasteiger partial charge >= 0.3 is 11.9 Å². The van der Waals surface area contributed by atoms with Crippen LogP contribution in [0.5, 0.6) is 0 Å². The van der Waals surface area contributed by atoms with E-state index in [9.17, 15) is 19.2 Å². The smallest absolute Gasteiger partial charge is 0.306 e. The van der Waals surface area contributed by atoms with Crippen molar-refractivity contribution < 1.29 is 29.0 Å². The minimum Gasteiger partial charge on any atom is -0.481 e. The van der Waals surface area contributed by atoms with E-state index in [1.807, 2.05) is 0 Å². The number of hydrogen-bond acceptors (Lipinski definition) is 5. The van der Waals surface area contributed by atoms with E-state index in [0.717, 1.165) is 90.1 Å². The maximum Gasteiger partial charge on any atom is 0.306 e. The second kappa shape index (κ2) is 14.2. The summed E-state index contributed by atoms with van der Waals surface area (Å²) in [6, 6.07) is 0.0249. The Balaban J connectivity index is 1.09. The Morgan fingerprint density at radius 3 is 2.15 bits per heavy atom. The lowest BCUT2D eigenvalue weighted by atomic mass is 9.32. The number of amides is 2. The molecular weight excluding hydrogens is 689 g/mol. The third-order valence-electron chi connectivity index (χ3n) is 19.0. The number of aliphatic carboxylic acids is 1. The minimum atomic E-state index is -0.877. The molecule has 1 aliphatic heterocycles. The van der Waals surface area contributed by atoms with E-state index in [1.54, 1.807) is 0 Å². The van der Waals surface area contributed by atoms with Gasteiger partial charge in [-0.05, 0) is 154 Å². The predicted molar refractivity (Wildman–Crippen MR) is 215 cm³/mol. The molecule has 12 atom stereocenters. The molecule has 8 heteroatoms. The number of likely N-dealkylation sites (tertiary alicyclic amines) is 1. The van der Waals surface area contributed by atoms with Gasteiger partial charge in [0.1, 0.15) is 6.10 Å². The fourth-order valence-corrected chi connectivity index (χ4v) is 15.5. The molecule has 8 nitrogen and oxygen atoms in total. The van der Waals surface area contributed by atoms with Crippen molar-refractivity contribution in [2.24, 2.45) is 68.0 Å². The van der Waals surface area contributed by atoms with E-state index < -0.39 is 5.97 Å². The highest BCUT2D eigenvalue weighted by atomic mass is 16.5. The molecule has 308 valence electrons. The first-order valence-corrected chi connectivity index (χ1v) is 22.4. The number of carbonyl (C=O) groups excluding carboxylic acids is 3. The van der Waals surface area contributed by atoms with Crippen LogP contribution in [0.1, 0.15) is 165 Å². The van der Waals surface area contributed by atoms with Gasteiger partial charge in [0, 0.05) is 43.3 Å². The number of carboxylic acids is 1. The highest BCUT2D eigenvalue weighted by molar-refractivity contribution is 5.86. The zero-order valence-electron chi connectivity index (χ0n) is 35.7. The summed E-state index contributed by atoms with van der Waals surface area (Å²) in [4.78, 5) is 54.6. The second-order valence-corrected chi connectivity index (χ2v) is 21.9. The number of nitrogens with zero attached hydrogens (tertiary/aromatic N) is 1. The van der Waals surface area contributed by atoms with Crippen LogP contribution in [0.3, 0.4) is 0 Å². The Kier molecular flexibility index (Phi) is 10.5. The lowest BCUT2D eigenvalue weighted by Gasteiger charge is -2.73. The van der Waals surface area contributed by atoms with Gasteiger partial charge in [0.05, 0.1) is 5.41 Å². The number of allylic oxidation sites excluding steroid dienone is 1. The van der Waals surface area contributed by atoms with Gasteiger partial charge in [-0.15, -0.1) is 0 Å². The van der Waals surface area contributed by atoms with Crippen LogP contribution in [0.4, 0.5) is 0 Å². The van der Waals surface area contributed by atoms with Gasteiger partial charge in [-0.2, -0.15) is 0 Å². The topological polar surface area (TPSA) is 113 Å². The lowest BCUT2D eigenvalue weighted by Crippen LogP contribution is -2.68. The molecule has 7 fully saturated rings. The molecule has 6 aliphatic carbocycles. The normalized spacial score (nSPS) is 44.0. The van der Waals surface area contributed by atoms with Gasteiger partial charge < -0.3 is 20.1 Å². The predicted octanol–water partition coefficient (Wildman–Crippen LogP) is 9.35. The Bertz CT molecular complexity index is 1560. The molecule has 0 spiro atoms. The Morgan fingerprint density at radius 2 is 1.49 bits per heavy atom. The first-order valence-electron chi connectivity index (χ1n) is 22.4. The average molecular weight is 763 g/mol. The first-order chi connectivity index (χ1) is 25.7. The van der Waals surface area contributed by atoms with Crippen molar-refractivity contribution in [3.63, 3.8) is 0 Å². The summed E-state index contributed by atoms with van der Waals surface area (Å²) < 4.78 is 6.17. The van der Waals surface area contributed by atoms with Crippen molar-refractivity contribution in [3.05, 3.63) is 12.2 Å². The number of esters is 1. The van der Waals surface area contributed by atoms with Gasteiger partial charge in [0.15, 0.2) is 0 Å². The Labute approximate surface area is 332 Å². The van der Waals surface area contributed by atoms with E-state index in [0.29, 0.717) is 36.0 Å². The van der Waals surface area contributed by atoms with Crippen molar-refractivity contribution in [3.8, 4) is 0 Å². The molecule has 1 unspecified atom stereocenters. The number of fused-ring (bicyclic) bond motifs is 7. The molecule has 2 amide bonds. The van der Waals surface area contributed by atoms with Crippen LogP contribution in [-0.2, 0) is 23.9 Å². The summed E-state index contributed by atoms with van der Waals surface area (Å²) >= 11 is 0. The Morgan fingerprint density at radius 1 is 0.782 bits per heavy atom. The zero-order chi connectivity index (χ0) is 39.9. The quantitative estimate of drug-likeness (QED) is 0.179. The third kappa shape index (κ3) is 6.25. The highest BCUT2D eigenvalue weighted by Gasteiger charge is 2.72. The van der Waals surface area contributed by atoms with Gasteiger partial charge in [-0.1, -0.05) is 60.6 Å². The van der Waals surface area contributed by atoms with E-state index in [2.05, 4.69) is 72.2 Å². The first kappa shape index (κ1) is 40.8. The summed E-state index contributed by atoms with van der Waals surface area (Å²) in [7, 11) is 0. The SMILES string of the molecule is C=C(C)[C@@H]1CC[C@]2(C(=O)NC3C[C@@H](C(=O)N4CCCCC4)C3(C)C)CC[C@]3(C)[C@H](CC[C@@H]4[C@@]5(C)CC[C@H](OC(=O)CCCC(=O)O)C(C)(C)[C@@H]5CC[C@]43C)[C@@H]12. The van der Waals surface area contributed by atoms with E-state index >= 15 is 0 Å². The molecule has 7 rings (SSSR count). The van der Waals surface area contributed by atoms with Crippen LogP contribution in [0.25, 0.3) is 0 Å². The molecular formula is C47H74N2O6. The molecule has 2 N–H and O–H groups in total. The van der Waals surface area contributed by atoms with Crippen molar-refractivity contribution in [1.82, 2.24) is 10.2 Å². The number of ether oxygens (including phenoxy) is 1. The van der Waals surface area contributed by atoms with E-state index in [4.69, 9.17) is 9.84 Å². The summed E-state index contributed by atoms with van der Waals surface area (Å²) in [6.07, 6.45) is 14.9. The standard InChI is InChI=1S/C47H74N2O6/c1-29(2)30-18-23-47(41(54)48-35-28-32(42(35,3)4)40(53)49-26-11-10-12-27-49)25-24-45(8)31(39(30)47)16-17-34-44(7)21-20-36(55-38(52)15-13-14-37(50)51)43(5,6)33(44)19-22-46(34,45)9/h30-36,39H,1,10-28H2,2-9H3,(H,48,54)(H,50,51)/t30-,31+,32-,33-,34+,35?,36-,39+,44-,45+,46+,47-/m0/s1. The van der Waals surface area contributed by atoms with Crippen LogP contribution in [0, 0.1) is 68.0 Å². The number of hydrogen-bond donors (Lipinski definition) is 2. The fourth-order valence-electron chi connectivity index (χ4n) is 15.5. The highest BCUT2D eigenvalue weighted by Crippen LogP contribution is 2.77. The monoisotopic (exact) mass is 763 g/mol. The summed E-state index contributed by atoms with van der Waals surface area (Å²) in [5, 5.41) is 12.7. The number of nitrogens with one attached hydrogen (secondary N) is 1. The maximum absolute atomic E-state index is 15.0. The van der Waals surface area contributed by atoms with Crippen molar-refractivity contribution >= 4 is 23.8 Å². The number of carbonyl (C=O) groups is 4. The molecule has 1 saturated heterocycles. The second-order valence-electron chi connectivity index (χ2n) is 21.9. The Hall–Kier alpha value is -2.38. The van der Waals surface area contributed by atoms with E-state index in [1.165, 1.54) is 18.4 Å². The molecule has 7 aliphatic rings. The third-order valence-corrected chi connectivity index (χ3v) is 19.0.